The summed E-state index contributed by atoms with van der Waals surface area (Å²) in [6, 6.07) is 4.12. The number of β-amino-alcohol motifs (C(OH)–C–C–N with tert-alkyl or cyclic N) is 1. The summed E-state index contributed by atoms with van der Waals surface area (Å²) in [6.07, 6.45) is 3.81. The van der Waals surface area contributed by atoms with E-state index in [1.54, 1.807) is 12.1 Å². The van der Waals surface area contributed by atoms with Crippen molar-refractivity contribution in [2.75, 3.05) is 13.1 Å². The van der Waals surface area contributed by atoms with Gasteiger partial charge in [-0.15, -0.1) is 0 Å². The Morgan fingerprint density at radius 2 is 1.92 bits per heavy atom. The van der Waals surface area contributed by atoms with E-state index in [0.717, 1.165) is 0 Å². The van der Waals surface area contributed by atoms with Crippen LogP contribution in [-0.4, -0.2) is 65.2 Å². The molecular formula is C23H24Cl2N4O7. The molecule has 0 spiro atoms. The second-order valence-electron chi connectivity index (χ2n) is 7.96. The van der Waals surface area contributed by atoms with E-state index in [4.69, 9.17) is 27.6 Å². The minimum Gasteiger partial charge on any atom is -0.480 e. The van der Waals surface area contributed by atoms with E-state index >= 15 is 0 Å². The summed E-state index contributed by atoms with van der Waals surface area (Å²) in [5.41, 5.74) is 0.360. The van der Waals surface area contributed by atoms with Gasteiger partial charge in [0.25, 0.3) is 5.91 Å². The smallest absolute Gasteiger partial charge is 0.328 e. The number of hydrogen-bond acceptors (Lipinski definition) is 7. The number of nitrogens with one attached hydrogen (secondary N) is 4. The van der Waals surface area contributed by atoms with Crippen LogP contribution in [0.1, 0.15) is 28.1 Å². The first-order valence-electron chi connectivity index (χ1n) is 10.8. The molecule has 6 N–H and O–H groups in total. The molecule has 2 heterocycles. The van der Waals surface area contributed by atoms with Crippen LogP contribution in [0, 0.1) is 0 Å². The molecule has 0 radical (unpaired) electrons. The molecule has 3 amide bonds. The topological polar surface area (TPSA) is 170 Å². The molecule has 2 aromatic rings. The van der Waals surface area contributed by atoms with Crippen LogP contribution in [0.5, 0.6) is 0 Å². The highest BCUT2D eigenvalue weighted by atomic mass is 35.5. The van der Waals surface area contributed by atoms with Gasteiger partial charge >= 0.3 is 5.97 Å². The first-order valence-corrected chi connectivity index (χ1v) is 11.6. The Morgan fingerprint density at radius 3 is 2.50 bits per heavy atom. The van der Waals surface area contributed by atoms with Crippen LogP contribution in [0.4, 0.5) is 0 Å². The third kappa shape index (κ3) is 7.56. The number of aliphatic hydroxyl groups excluding tert-OH is 1. The van der Waals surface area contributed by atoms with Crippen molar-refractivity contribution in [1.29, 1.82) is 0 Å². The first-order chi connectivity index (χ1) is 17.1. The minimum atomic E-state index is -1.46. The fourth-order valence-corrected chi connectivity index (χ4v) is 4.11. The van der Waals surface area contributed by atoms with Crippen molar-refractivity contribution in [2.24, 2.45) is 0 Å². The maximum absolute atomic E-state index is 12.7. The fraction of sp³-hybridized carbons (Fsp3) is 0.304. The van der Waals surface area contributed by atoms with Crippen LogP contribution in [0.2, 0.25) is 10.0 Å². The summed E-state index contributed by atoms with van der Waals surface area (Å²) in [5, 5.41) is 29.1. The molecule has 3 rings (SSSR count). The Morgan fingerprint density at radius 1 is 1.19 bits per heavy atom. The number of aliphatic hydroxyl groups is 1. The van der Waals surface area contributed by atoms with Gasteiger partial charge in [-0.05, 0) is 42.3 Å². The molecule has 3 unspecified atom stereocenters. The van der Waals surface area contributed by atoms with Gasteiger partial charge in [-0.2, -0.15) is 0 Å². The number of furan rings is 1. The van der Waals surface area contributed by atoms with Gasteiger partial charge in [-0.1, -0.05) is 23.2 Å². The highest BCUT2D eigenvalue weighted by Gasteiger charge is 2.30. The molecule has 1 aromatic carbocycles. The summed E-state index contributed by atoms with van der Waals surface area (Å²) >= 11 is 12.5. The van der Waals surface area contributed by atoms with E-state index in [2.05, 4.69) is 21.3 Å². The summed E-state index contributed by atoms with van der Waals surface area (Å²) < 4.78 is 5.10. The average molecular weight is 539 g/mol. The van der Waals surface area contributed by atoms with Crippen molar-refractivity contribution in [3.63, 3.8) is 0 Å². The molecule has 1 aliphatic rings. The summed E-state index contributed by atoms with van der Waals surface area (Å²) in [7, 11) is 0. The largest absolute Gasteiger partial charge is 0.480 e. The molecule has 0 aliphatic carbocycles. The molecule has 0 bridgehead atoms. The van der Waals surface area contributed by atoms with Crippen molar-refractivity contribution in [3.8, 4) is 0 Å². The third-order valence-electron chi connectivity index (χ3n) is 5.25. The van der Waals surface area contributed by atoms with Crippen molar-refractivity contribution in [1.82, 2.24) is 21.3 Å². The molecule has 3 atom stereocenters. The molecule has 13 heteroatoms. The minimum absolute atomic E-state index is 0.0484. The van der Waals surface area contributed by atoms with Gasteiger partial charge in [0, 0.05) is 25.7 Å². The van der Waals surface area contributed by atoms with Crippen molar-refractivity contribution in [3.05, 3.63) is 63.5 Å². The Labute approximate surface area is 215 Å². The molecule has 11 nitrogen and oxygen atoms in total. The number of aliphatic carboxylic acids is 1. The molecule has 1 aliphatic heterocycles. The lowest BCUT2D eigenvalue weighted by Gasteiger charge is -2.18. The molecule has 192 valence electrons. The Bertz CT molecular complexity index is 1130. The number of benzene rings is 1. The molecule has 1 aromatic heterocycles. The number of carbonyl (C=O) groups excluding carboxylic acids is 3. The molecule has 1 saturated heterocycles. The number of carboxylic acids is 1. The summed E-state index contributed by atoms with van der Waals surface area (Å²) in [4.78, 5) is 48.5. The second-order valence-corrected chi connectivity index (χ2v) is 8.78. The van der Waals surface area contributed by atoms with Gasteiger partial charge in [0.2, 0.25) is 11.8 Å². The van der Waals surface area contributed by atoms with Gasteiger partial charge in [-0.25, -0.2) is 4.79 Å². The second kappa shape index (κ2) is 12.5. The van der Waals surface area contributed by atoms with E-state index in [0.29, 0.717) is 11.3 Å². The first kappa shape index (κ1) is 27.2. The molecule has 0 saturated carbocycles. The van der Waals surface area contributed by atoms with E-state index < -0.39 is 41.9 Å². The summed E-state index contributed by atoms with van der Waals surface area (Å²) in [5.74, 6) is -2.60. The van der Waals surface area contributed by atoms with E-state index in [1.807, 2.05) is 0 Å². The van der Waals surface area contributed by atoms with Crippen LogP contribution < -0.4 is 21.3 Å². The van der Waals surface area contributed by atoms with Gasteiger partial charge < -0.3 is 35.9 Å². The lowest BCUT2D eigenvalue weighted by Crippen LogP contribution is -2.51. The predicted octanol–water partition coefficient (Wildman–Crippen LogP) is 0.938. The average Bonchev–Trinajstić information content (AvgIpc) is 3.50. The fourth-order valence-electron chi connectivity index (χ4n) is 3.41. The van der Waals surface area contributed by atoms with Crippen LogP contribution in [0.3, 0.4) is 0 Å². The zero-order valence-corrected chi connectivity index (χ0v) is 20.3. The van der Waals surface area contributed by atoms with Crippen molar-refractivity contribution in [2.45, 2.75) is 31.2 Å². The van der Waals surface area contributed by atoms with Crippen molar-refractivity contribution >= 4 is 53.0 Å². The summed E-state index contributed by atoms with van der Waals surface area (Å²) in [6.45, 7) is -0.0646. The van der Waals surface area contributed by atoms with E-state index in [-0.39, 0.29) is 41.7 Å². The standard InChI is InChI=1S/C23H24Cl2N4O7/c24-15-6-12(9-27-19(31)4-3-14-2-1-5-36-14)7-16(25)20(15)22(33)29-18(23(34)35)11-28-21(32)17-8-13(30)10-26-17/h1-7,13,17-18,26,30H,8-11H2,(H,27,31)(H,28,32)(H,29,33)(H,34,35)/b4-3+. The quantitative estimate of drug-likeness (QED) is 0.242. The van der Waals surface area contributed by atoms with Crippen LogP contribution in [0.15, 0.2) is 41.0 Å². The zero-order chi connectivity index (χ0) is 26.2. The van der Waals surface area contributed by atoms with Crippen LogP contribution in [-0.2, 0) is 20.9 Å². The normalized spacial score (nSPS) is 18.1. The van der Waals surface area contributed by atoms with Gasteiger partial charge in [-0.3, -0.25) is 14.4 Å². The number of halogens is 2. The molecular weight excluding hydrogens is 515 g/mol. The van der Waals surface area contributed by atoms with Gasteiger partial charge in [0.15, 0.2) is 0 Å². The Kier molecular flexibility index (Phi) is 9.48. The number of rotatable bonds is 10. The van der Waals surface area contributed by atoms with E-state index in [1.165, 1.54) is 30.5 Å². The molecule has 1 fully saturated rings. The number of amides is 3. The Balaban J connectivity index is 1.57. The predicted molar refractivity (Wildman–Crippen MR) is 130 cm³/mol. The molecule has 36 heavy (non-hydrogen) atoms. The monoisotopic (exact) mass is 538 g/mol. The maximum atomic E-state index is 12.7. The highest BCUT2D eigenvalue weighted by Crippen LogP contribution is 2.27. The van der Waals surface area contributed by atoms with Crippen LogP contribution in [0.25, 0.3) is 6.08 Å². The number of carbonyl (C=O) groups is 4. The lowest BCUT2D eigenvalue weighted by atomic mass is 10.1. The van der Waals surface area contributed by atoms with E-state index in [9.17, 15) is 29.4 Å². The maximum Gasteiger partial charge on any atom is 0.328 e. The Hall–Kier alpha value is -3.38. The highest BCUT2D eigenvalue weighted by molar-refractivity contribution is 6.39. The van der Waals surface area contributed by atoms with Crippen molar-refractivity contribution < 1.29 is 33.8 Å². The zero-order valence-electron chi connectivity index (χ0n) is 18.8. The van der Waals surface area contributed by atoms with Gasteiger partial charge in [0.05, 0.1) is 34.0 Å². The SMILES string of the molecule is O=C(/C=C/c1ccco1)NCc1cc(Cl)c(C(=O)NC(CNC(=O)C2CC(O)CN2)C(=O)O)c(Cl)c1. The third-order valence-corrected chi connectivity index (χ3v) is 5.84. The lowest BCUT2D eigenvalue weighted by molar-refractivity contribution is -0.139. The van der Waals surface area contributed by atoms with Gasteiger partial charge in [0.1, 0.15) is 11.8 Å². The number of hydrogen-bond donors (Lipinski definition) is 6. The number of carboxylic acid groups (broad SMARTS) is 1. The van der Waals surface area contributed by atoms with Crippen LogP contribution >= 0.6 is 23.2 Å².